The molecule has 3 aromatic carbocycles. The Morgan fingerprint density at radius 2 is 1.32 bits per heavy atom. The topological polar surface area (TPSA) is 108 Å². The first-order valence-corrected chi connectivity index (χ1v) is 12.3. The van der Waals surface area contributed by atoms with Crippen molar-refractivity contribution < 1.29 is 24.0 Å². The first-order chi connectivity index (χ1) is 18.4. The molecule has 0 radical (unpaired) electrons. The number of dihydropyridines is 1. The number of nitrogens with one attached hydrogen (secondary N) is 1. The number of benzene rings is 3. The van der Waals surface area contributed by atoms with Gasteiger partial charge in [-0.1, -0.05) is 85.8 Å². The zero-order chi connectivity index (χ0) is 27.1. The number of ether oxygens (including phenoxy) is 2. The van der Waals surface area contributed by atoms with Crippen molar-refractivity contribution in [3.63, 3.8) is 0 Å². The van der Waals surface area contributed by atoms with Crippen LogP contribution >= 0.6 is 0 Å². The van der Waals surface area contributed by atoms with Crippen LogP contribution in [-0.2, 0) is 32.3 Å². The maximum absolute atomic E-state index is 13.6. The molecule has 1 atom stereocenters. The zero-order valence-electron chi connectivity index (χ0n) is 21.2. The van der Waals surface area contributed by atoms with Gasteiger partial charge in [0.2, 0.25) is 0 Å². The highest BCUT2D eigenvalue weighted by molar-refractivity contribution is 6.00. The number of hydrogen-bond acceptors (Lipinski definition) is 7. The molecule has 1 aliphatic heterocycles. The van der Waals surface area contributed by atoms with Crippen LogP contribution in [-0.4, -0.2) is 16.9 Å². The van der Waals surface area contributed by atoms with E-state index in [0.717, 1.165) is 11.1 Å². The summed E-state index contributed by atoms with van der Waals surface area (Å²) >= 11 is 0. The number of nitro benzene ring substituents is 1. The quantitative estimate of drug-likeness (QED) is 0.222. The summed E-state index contributed by atoms with van der Waals surface area (Å²) in [5, 5.41) is 15.2. The number of esters is 2. The van der Waals surface area contributed by atoms with E-state index in [2.05, 4.69) is 5.32 Å². The van der Waals surface area contributed by atoms with Crippen molar-refractivity contribution in [2.75, 3.05) is 0 Å². The van der Waals surface area contributed by atoms with Crippen LogP contribution in [0.2, 0.25) is 0 Å². The lowest BCUT2D eigenvalue weighted by Gasteiger charge is -2.31. The summed E-state index contributed by atoms with van der Waals surface area (Å²) in [4.78, 5) is 38.6. The van der Waals surface area contributed by atoms with Gasteiger partial charge in [-0.15, -0.1) is 0 Å². The van der Waals surface area contributed by atoms with Crippen LogP contribution < -0.4 is 5.32 Å². The second-order valence-corrected chi connectivity index (χ2v) is 8.78. The number of nitrogens with zero attached hydrogens (tertiary/aromatic N) is 1. The highest BCUT2D eigenvalue weighted by Gasteiger charge is 2.41. The molecule has 0 saturated heterocycles. The maximum Gasteiger partial charge on any atom is 0.337 e. The van der Waals surface area contributed by atoms with Crippen LogP contribution in [0.25, 0.3) is 0 Å². The molecule has 1 N–H and O–H groups in total. The fourth-order valence-corrected chi connectivity index (χ4v) is 4.50. The van der Waals surface area contributed by atoms with E-state index in [9.17, 15) is 19.7 Å². The van der Waals surface area contributed by atoms with Crippen LogP contribution in [0.3, 0.4) is 0 Å². The van der Waals surface area contributed by atoms with E-state index in [1.807, 2.05) is 67.6 Å². The van der Waals surface area contributed by atoms with Gasteiger partial charge >= 0.3 is 11.9 Å². The van der Waals surface area contributed by atoms with E-state index in [0.29, 0.717) is 17.8 Å². The van der Waals surface area contributed by atoms with E-state index in [1.165, 1.54) is 6.07 Å². The molecule has 8 nitrogen and oxygen atoms in total. The van der Waals surface area contributed by atoms with E-state index in [4.69, 9.17) is 9.47 Å². The Balaban J connectivity index is 1.76. The number of carbonyl (C=O) groups is 2. The third kappa shape index (κ3) is 5.81. The van der Waals surface area contributed by atoms with Crippen molar-refractivity contribution in [1.29, 1.82) is 0 Å². The molecule has 1 unspecified atom stereocenters. The number of nitro groups is 1. The summed E-state index contributed by atoms with van der Waals surface area (Å²) in [5.41, 5.74) is 2.85. The normalized spacial score (nSPS) is 15.1. The number of para-hydroxylation sites is 1. The minimum absolute atomic E-state index is 0.0121. The fourth-order valence-electron chi connectivity index (χ4n) is 4.50. The Labute approximate surface area is 220 Å². The van der Waals surface area contributed by atoms with Crippen LogP contribution in [0.4, 0.5) is 5.69 Å². The summed E-state index contributed by atoms with van der Waals surface area (Å²) in [6.07, 6.45) is 0.413. The highest BCUT2D eigenvalue weighted by Crippen LogP contribution is 2.43. The minimum atomic E-state index is -1.06. The molecule has 1 heterocycles. The first-order valence-electron chi connectivity index (χ1n) is 12.3. The molecule has 4 rings (SSSR count). The second-order valence-electron chi connectivity index (χ2n) is 8.78. The molecule has 1 aliphatic rings. The highest BCUT2D eigenvalue weighted by atomic mass is 16.6. The van der Waals surface area contributed by atoms with Gasteiger partial charge in [0, 0.05) is 23.0 Å². The van der Waals surface area contributed by atoms with Gasteiger partial charge in [-0.2, -0.15) is 0 Å². The van der Waals surface area contributed by atoms with Crippen molar-refractivity contribution in [3.8, 4) is 0 Å². The monoisotopic (exact) mass is 512 g/mol. The SMILES string of the molecule is CCC1=C(C(=O)OCc2ccccc2)C(c2ccccc2[N+](=O)[O-])C(C(=O)OCc2ccccc2)=C(C)N1. The van der Waals surface area contributed by atoms with Crippen LogP contribution in [0.15, 0.2) is 107 Å². The molecule has 0 aliphatic carbocycles. The predicted octanol–water partition coefficient (Wildman–Crippen LogP) is 5.71. The molecule has 0 fully saturated rings. The van der Waals surface area contributed by atoms with E-state index in [-0.39, 0.29) is 35.6 Å². The molecule has 0 amide bonds. The van der Waals surface area contributed by atoms with Gasteiger partial charge in [0.15, 0.2) is 0 Å². The van der Waals surface area contributed by atoms with E-state index >= 15 is 0 Å². The van der Waals surface area contributed by atoms with Crippen molar-refractivity contribution in [1.82, 2.24) is 5.32 Å². The van der Waals surface area contributed by atoms with Gasteiger partial charge in [0.25, 0.3) is 5.69 Å². The Bertz CT molecular complexity index is 1400. The molecular weight excluding hydrogens is 484 g/mol. The predicted molar refractivity (Wildman–Crippen MR) is 141 cm³/mol. The van der Waals surface area contributed by atoms with Crippen molar-refractivity contribution >= 4 is 17.6 Å². The summed E-state index contributed by atoms with van der Waals surface area (Å²) in [7, 11) is 0. The first kappa shape index (κ1) is 26.3. The van der Waals surface area contributed by atoms with Crippen LogP contribution in [0.1, 0.15) is 42.9 Å². The van der Waals surface area contributed by atoms with Gasteiger partial charge in [-0.05, 0) is 24.5 Å². The smallest absolute Gasteiger partial charge is 0.337 e. The largest absolute Gasteiger partial charge is 0.457 e. The molecule has 8 heteroatoms. The lowest BCUT2D eigenvalue weighted by molar-refractivity contribution is -0.385. The van der Waals surface area contributed by atoms with E-state index in [1.54, 1.807) is 25.1 Å². The van der Waals surface area contributed by atoms with Crippen molar-refractivity contribution in [3.05, 3.63) is 134 Å². The average Bonchev–Trinajstić information content (AvgIpc) is 2.95. The van der Waals surface area contributed by atoms with E-state index < -0.39 is 22.8 Å². The summed E-state index contributed by atoms with van der Waals surface area (Å²) in [6, 6.07) is 24.5. The van der Waals surface area contributed by atoms with Gasteiger partial charge in [-0.3, -0.25) is 10.1 Å². The zero-order valence-corrected chi connectivity index (χ0v) is 21.2. The molecule has 0 aromatic heterocycles. The van der Waals surface area contributed by atoms with Gasteiger partial charge in [0.05, 0.1) is 22.0 Å². The lowest BCUT2D eigenvalue weighted by Crippen LogP contribution is -2.33. The molecule has 0 spiro atoms. The Kier molecular flexibility index (Phi) is 8.33. The van der Waals surface area contributed by atoms with Crippen LogP contribution in [0.5, 0.6) is 0 Å². The third-order valence-electron chi connectivity index (χ3n) is 6.31. The maximum atomic E-state index is 13.6. The minimum Gasteiger partial charge on any atom is -0.457 e. The Morgan fingerprint density at radius 3 is 1.84 bits per heavy atom. The van der Waals surface area contributed by atoms with Gasteiger partial charge in [0.1, 0.15) is 13.2 Å². The molecular formula is C30H28N2O6. The Morgan fingerprint density at radius 1 is 0.816 bits per heavy atom. The van der Waals surface area contributed by atoms with Gasteiger partial charge < -0.3 is 14.8 Å². The lowest BCUT2D eigenvalue weighted by atomic mass is 9.79. The van der Waals surface area contributed by atoms with Gasteiger partial charge in [-0.25, -0.2) is 9.59 Å². The molecule has 3 aromatic rings. The number of hydrogen-bond donors (Lipinski definition) is 1. The molecule has 0 bridgehead atoms. The van der Waals surface area contributed by atoms with Crippen molar-refractivity contribution in [2.24, 2.45) is 0 Å². The second kappa shape index (κ2) is 12.0. The molecule has 194 valence electrons. The summed E-state index contributed by atoms with van der Waals surface area (Å²) in [5.74, 6) is -2.40. The fraction of sp³-hybridized carbons (Fsp3) is 0.200. The number of rotatable bonds is 9. The molecule has 38 heavy (non-hydrogen) atoms. The van der Waals surface area contributed by atoms with Crippen LogP contribution in [0, 0.1) is 10.1 Å². The average molecular weight is 513 g/mol. The number of carbonyl (C=O) groups excluding carboxylic acids is 2. The number of allylic oxidation sites excluding steroid dienone is 2. The van der Waals surface area contributed by atoms with Crippen molar-refractivity contribution in [2.45, 2.75) is 39.4 Å². The third-order valence-corrected chi connectivity index (χ3v) is 6.31. The standard InChI is InChI=1S/C30H28N2O6/c1-3-24-28(30(34)38-19-22-14-8-5-9-15-22)27(23-16-10-11-17-25(23)32(35)36)26(20(2)31-24)29(33)37-18-21-12-6-4-7-13-21/h4-17,27,31H,3,18-19H2,1-2H3. The summed E-state index contributed by atoms with van der Waals surface area (Å²) in [6.45, 7) is 3.58. The molecule has 0 saturated carbocycles. The Hall–Kier alpha value is -4.72. The summed E-state index contributed by atoms with van der Waals surface area (Å²) < 4.78 is 11.3.